The highest BCUT2D eigenvalue weighted by molar-refractivity contribution is 5.24. The van der Waals surface area contributed by atoms with Crippen LogP contribution in [0.2, 0.25) is 0 Å². The van der Waals surface area contributed by atoms with Crippen molar-refractivity contribution in [3.63, 3.8) is 0 Å². The zero-order valence-corrected chi connectivity index (χ0v) is 10.0. The van der Waals surface area contributed by atoms with Crippen molar-refractivity contribution in [3.05, 3.63) is 35.7 Å². The summed E-state index contributed by atoms with van der Waals surface area (Å²) in [5.41, 5.74) is 5.93. The first-order valence-corrected chi connectivity index (χ1v) is 5.63. The lowest BCUT2D eigenvalue weighted by Crippen LogP contribution is -2.29. The van der Waals surface area contributed by atoms with E-state index >= 15 is 0 Å². The van der Waals surface area contributed by atoms with Gasteiger partial charge in [0.15, 0.2) is 0 Å². The van der Waals surface area contributed by atoms with Crippen molar-refractivity contribution in [2.75, 3.05) is 0 Å². The van der Waals surface area contributed by atoms with Crippen molar-refractivity contribution in [2.45, 2.75) is 39.2 Å². The van der Waals surface area contributed by atoms with Crippen molar-refractivity contribution in [3.8, 4) is 0 Å². The average molecular weight is 220 g/mol. The second kappa shape index (κ2) is 6.35. The monoisotopic (exact) mass is 220 g/mol. The number of aryl methyl sites for hydroxylation is 2. The van der Waals surface area contributed by atoms with Crippen LogP contribution in [0.5, 0.6) is 0 Å². The van der Waals surface area contributed by atoms with E-state index in [0.717, 1.165) is 36.2 Å². The van der Waals surface area contributed by atoms with Crippen LogP contribution in [0.1, 0.15) is 42.8 Å². The summed E-state index contributed by atoms with van der Waals surface area (Å²) in [5, 5.41) is 8.27. The first kappa shape index (κ1) is 12.8. The molecule has 0 aromatic carbocycles. The molecule has 0 bridgehead atoms. The molecule has 1 heterocycles. The molecule has 0 aliphatic heterocycles. The highest BCUT2D eigenvalue weighted by Gasteiger charge is 2.14. The Morgan fingerprint density at radius 2 is 2.31 bits per heavy atom. The van der Waals surface area contributed by atoms with Crippen molar-refractivity contribution in [1.82, 2.24) is 15.6 Å². The molecule has 88 valence electrons. The first-order valence-electron chi connectivity index (χ1n) is 5.63. The maximum atomic E-state index is 5.59. The van der Waals surface area contributed by atoms with E-state index in [9.17, 15) is 0 Å². The molecule has 1 rings (SSSR count). The van der Waals surface area contributed by atoms with Crippen LogP contribution in [0.25, 0.3) is 0 Å². The van der Waals surface area contributed by atoms with E-state index in [1.807, 2.05) is 13.0 Å². The minimum Gasteiger partial charge on any atom is -0.271 e. The summed E-state index contributed by atoms with van der Waals surface area (Å²) in [6, 6.07) is 2.18. The van der Waals surface area contributed by atoms with Crippen LogP contribution in [0, 0.1) is 6.92 Å². The third kappa shape index (κ3) is 3.12. The maximum absolute atomic E-state index is 5.59. The number of nitrogens with zero attached hydrogens (tertiary/aromatic N) is 2. The van der Waals surface area contributed by atoms with Gasteiger partial charge in [0.25, 0.3) is 0 Å². The fraction of sp³-hybridized carbons (Fsp3) is 0.500. The Morgan fingerprint density at radius 3 is 2.88 bits per heavy atom. The summed E-state index contributed by atoms with van der Waals surface area (Å²) in [6.45, 7) is 7.74. The van der Waals surface area contributed by atoms with Crippen LogP contribution in [0.4, 0.5) is 0 Å². The Bertz CT molecular complexity index is 349. The van der Waals surface area contributed by atoms with Gasteiger partial charge in [-0.25, -0.2) is 0 Å². The molecule has 0 amide bonds. The number of nitrogens with two attached hydrogens (primary N) is 1. The predicted molar refractivity (Wildman–Crippen MR) is 65.6 cm³/mol. The van der Waals surface area contributed by atoms with Gasteiger partial charge in [-0.2, -0.15) is 10.2 Å². The highest BCUT2D eigenvalue weighted by Crippen LogP contribution is 2.21. The number of nitrogens with one attached hydrogen (secondary N) is 1. The quantitative estimate of drug-likeness (QED) is 0.436. The van der Waals surface area contributed by atoms with Gasteiger partial charge in [-0.05, 0) is 37.8 Å². The van der Waals surface area contributed by atoms with E-state index in [1.54, 1.807) is 0 Å². The second-order valence-corrected chi connectivity index (χ2v) is 3.83. The molecule has 0 saturated carbocycles. The van der Waals surface area contributed by atoms with Crippen LogP contribution >= 0.6 is 0 Å². The molecule has 0 fully saturated rings. The number of hydrogen-bond acceptors (Lipinski definition) is 4. The number of allylic oxidation sites excluding steroid dienone is 1. The van der Waals surface area contributed by atoms with Crippen molar-refractivity contribution in [1.29, 1.82) is 0 Å². The number of hydrazine groups is 1. The van der Waals surface area contributed by atoms with Crippen LogP contribution in [0.15, 0.2) is 18.7 Å². The summed E-state index contributed by atoms with van der Waals surface area (Å²) in [6.07, 6.45) is 4.63. The van der Waals surface area contributed by atoms with Gasteiger partial charge in [-0.1, -0.05) is 13.0 Å². The molecule has 0 spiro atoms. The fourth-order valence-electron chi connectivity index (χ4n) is 1.72. The smallest absolute Gasteiger partial charge is 0.0676 e. The molecular weight excluding hydrogens is 200 g/mol. The molecule has 4 nitrogen and oxygen atoms in total. The number of rotatable bonds is 6. The van der Waals surface area contributed by atoms with Crippen molar-refractivity contribution < 1.29 is 0 Å². The third-order valence-corrected chi connectivity index (χ3v) is 2.60. The normalized spacial score (nSPS) is 12.4. The minimum atomic E-state index is 0.127. The molecule has 0 aliphatic carbocycles. The molecule has 0 radical (unpaired) electrons. The summed E-state index contributed by atoms with van der Waals surface area (Å²) in [4.78, 5) is 0. The maximum Gasteiger partial charge on any atom is 0.0676 e. The fourth-order valence-corrected chi connectivity index (χ4v) is 1.72. The van der Waals surface area contributed by atoms with Crippen LogP contribution < -0.4 is 11.3 Å². The van der Waals surface area contributed by atoms with Gasteiger partial charge < -0.3 is 0 Å². The van der Waals surface area contributed by atoms with Gasteiger partial charge in [0, 0.05) is 6.04 Å². The standard InChI is InChI=1S/C12H20N4/c1-4-6-7-12(14-13)10-8-9(3)15-16-11(10)5-2/h4,8,12,14H,1,5-7,13H2,2-3H3. The zero-order valence-electron chi connectivity index (χ0n) is 10.0. The SMILES string of the molecule is C=CCCC(NN)c1cc(C)nnc1CC. The van der Waals surface area contributed by atoms with E-state index in [0.29, 0.717) is 0 Å². The molecule has 1 atom stereocenters. The Kier molecular flexibility index (Phi) is 5.08. The van der Waals surface area contributed by atoms with E-state index in [2.05, 4.69) is 35.2 Å². The van der Waals surface area contributed by atoms with Gasteiger partial charge in [0.2, 0.25) is 0 Å². The van der Waals surface area contributed by atoms with Gasteiger partial charge >= 0.3 is 0 Å². The number of hydrogen-bond donors (Lipinski definition) is 2. The Labute approximate surface area is 96.9 Å². The topological polar surface area (TPSA) is 63.8 Å². The summed E-state index contributed by atoms with van der Waals surface area (Å²) < 4.78 is 0. The molecular formula is C12H20N4. The molecule has 3 N–H and O–H groups in total. The zero-order chi connectivity index (χ0) is 12.0. The summed E-state index contributed by atoms with van der Waals surface area (Å²) in [5.74, 6) is 5.59. The second-order valence-electron chi connectivity index (χ2n) is 3.83. The summed E-state index contributed by atoms with van der Waals surface area (Å²) >= 11 is 0. The van der Waals surface area contributed by atoms with Crippen LogP contribution in [-0.2, 0) is 6.42 Å². The lowest BCUT2D eigenvalue weighted by atomic mass is 9.99. The highest BCUT2D eigenvalue weighted by atomic mass is 15.2. The number of aromatic nitrogens is 2. The average Bonchev–Trinajstić information content (AvgIpc) is 2.30. The molecule has 0 saturated heterocycles. The lowest BCUT2D eigenvalue weighted by molar-refractivity contribution is 0.512. The first-order chi connectivity index (χ1) is 7.72. The molecule has 4 heteroatoms. The lowest BCUT2D eigenvalue weighted by Gasteiger charge is -2.18. The molecule has 16 heavy (non-hydrogen) atoms. The van der Waals surface area contributed by atoms with E-state index in [1.165, 1.54) is 0 Å². The largest absolute Gasteiger partial charge is 0.271 e. The van der Waals surface area contributed by atoms with E-state index < -0.39 is 0 Å². The summed E-state index contributed by atoms with van der Waals surface area (Å²) in [7, 11) is 0. The molecule has 1 aromatic rings. The van der Waals surface area contributed by atoms with Gasteiger partial charge in [-0.3, -0.25) is 11.3 Å². The van der Waals surface area contributed by atoms with Gasteiger partial charge in [0.1, 0.15) is 0 Å². The van der Waals surface area contributed by atoms with Crippen LogP contribution in [0.3, 0.4) is 0 Å². The Balaban J connectivity index is 2.96. The van der Waals surface area contributed by atoms with E-state index in [-0.39, 0.29) is 6.04 Å². The molecule has 1 aromatic heterocycles. The third-order valence-electron chi connectivity index (χ3n) is 2.60. The molecule has 1 unspecified atom stereocenters. The van der Waals surface area contributed by atoms with Gasteiger partial charge in [-0.15, -0.1) is 6.58 Å². The van der Waals surface area contributed by atoms with E-state index in [4.69, 9.17) is 5.84 Å². The Hall–Kier alpha value is -1.26. The van der Waals surface area contributed by atoms with Crippen molar-refractivity contribution in [2.24, 2.45) is 5.84 Å². The van der Waals surface area contributed by atoms with Gasteiger partial charge in [0.05, 0.1) is 11.4 Å². The minimum absolute atomic E-state index is 0.127. The Morgan fingerprint density at radius 1 is 1.56 bits per heavy atom. The van der Waals surface area contributed by atoms with Crippen molar-refractivity contribution >= 4 is 0 Å². The predicted octanol–water partition coefficient (Wildman–Crippen LogP) is 1.82. The van der Waals surface area contributed by atoms with Crippen LogP contribution in [-0.4, -0.2) is 10.2 Å². The molecule has 0 aliphatic rings.